The molecule has 2 aliphatic rings. The monoisotopic (exact) mass is 462 g/mol. The van der Waals surface area contributed by atoms with Gasteiger partial charge in [0.15, 0.2) is 0 Å². The molecule has 0 saturated carbocycles. The fraction of sp³-hybridized carbons (Fsp3) is 0.158. The standard InChI is InChI=1S/C19H14N2O8S2/c22-16(20-18(24)12-6-1-3-8-14(12)30(20,26)27)10-5-11-17(23)21-19(25)13-7-2-4-9-15(13)31(21,28)29/h1-4,6-9H,5,10-11H2. The van der Waals surface area contributed by atoms with Crippen LogP contribution in [-0.4, -0.2) is 49.1 Å². The lowest BCUT2D eigenvalue weighted by atomic mass is 10.2. The number of rotatable bonds is 4. The topological polar surface area (TPSA) is 143 Å². The van der Waals surface area contributed by atoms with Gasteiger partial charge in [-0.1, -0.05) is 24.3 Å². The molecule has 10 nitrogen and oxygen atoms in total. The normalized spacial score (nSPS) is 18.1. The van der Waals surface area contributed by atoms with Crippen LogP contribution in [0, 0.1) is 0 Å². The summed E-state index contributed by atoms with van der Waals surface area (Å²) in [6, 6.07) is 10.8. The van der Waals surface area contributed by atoms with Crippen LogP contribution in [0.3, 0.4) is 0 Å². The lowest BCUT2D eigenvalue weighted by Crippen LogP contribution is -2.37. The third-order valence-corrected chi connectivity index (χ3v) is 8.40. The van der Waals surface area contributed by atoms with Gasteiger partial charge in [-0.2, -0.15) is 8.61 Å². The van der Waals surface area contributed by atoms with Gasteiger partial charge in [-0.3, -0.25) is 19.2 Å². The van der Waals surface area contributed by atoms with Crippen LogP contribution in [0.15, 0.2) is 58.3 Å². The molecule has 0 unspecified atom stereocenters. The average Bonchev–Trinajstić information content (AvgIpc) is 3.06. The molecule has 160 valence electrons. The maximum Gasteiger partial charge on any atom is 0.276 e. The second kappa shape index (κ2) is 7.10. The molecule has 0 bridgehead atoms. The van der Waals surface area contributed by atoms with E-state index in [2.05, 4.69) is 0 Å². The molecule has 0 atom stereocenters. The fourth-order valence-electron chi connectivity index (χ4n) is 3.46. The first kappa shape index (κ1) is 20.9. The van der Waals surface area contributed by atoms with Gasteiger partial charge >= 0.3 is 0 Å². The van der Waals surface area contributed by atoms with Crippen molar-refractivity contribution < 1.29 is 36.0 Å². The summed E-state index contributed by atoms with van der Waals surface area (Å²) in [5.74, 6) is -4.07. The van der Waals surface area contributed by atoms with Crippen molar-refractivity contribution in [2.24, 2.45) is 0 Å². The first-order valence-corrected chi connectivity index (χ1v) is 11.9. The molecule has 4 rings (SSSR count). The highest BCUT2D eigenvalue weighted by Crippen LogP contribution is 2.32. The molecule has 0 aromatic heterocycles. The number of nitrogens with zero attached hydrogens (tertiary/aromatic N) is 2. The molecule has 0 N–H and O–H groups in total. The van der Waals surface area contributed by atoms with Crippen molar-refractivity contribution in [3.63, 3.8) is 0 Å². The van der Waals surface area contributed by atoms with Gasteiger partial charge in [0.05, 0.1) is 11.1 Å². The van der Waals surface area contributed by atoms with Gasteiger partial charge in [-0.05, 0) is 30.7 Å². The summed E-state index contributed by atoms with van der Waals surface area (Å²) in [6.07, 6.45) is -1.29. The summed E-state index contributed by atoms with van der Waals surface area (Å²) in [7, 11) is -8.67. The third-order valence-electron chi connectivity index (χ3n) is 4.87. The Morgan fingerprint density at radius 3 is 1.35 bits per heavy atom. The van der Waals surface area contributed by atoms with Crippen LogP contribution in [0.4, 0.5) is 0 Å². The number of carbonyl (C=O) groups is 4. The minimum Gasteiger partial charge on any atom is -0.273 e. The van der Waals surface area contributed by atoms with E-state index >= 15 is 0 Å². The quantitative estimate of drug-likeness (QED) is 0.652. The predicted molar refractivity (Wildman–Crippen MR) is 103 cm³/mol. The first-order valence-electron chi connectivity index (χ1n) is 9.01. The number of sulfonamides is 2. The molecule has 31 heavy (non-hydrogen) atoms. The summed E-state index contributed by atoms with van der Waals surface area (Å²) in [5, 5.41) is 0. The number of hydrogen-bond acceptors (Lipinski definition) is 8. The average molecular weight is 462 g/mol. The Labute approximate surface area is 177 Å². The van der Waals surface area contributed by atoms with Crippen LogP contribution in [0.25, 0.3) is 0 Å². The van der Waals surface area contributed by atoms with E-state index in [4.69, 9.17) is 0 Å². The highest BCUT2D eigenvalue weighted by molar-refractivity contribution is 7.91. The van der Waals surface area contributed by atoms with Crippen LogP contribution in [0.1, 0.15) is 40.0 Å². The molecular weight excluding hydrogens is 448 g/mol. The third kappa shape index (κ3) is 3.06. The molecule has 0 aliphatic carbocycles. The smallest absolute Gasteiger partial charge is 0.273 e. The maximum absolute atomic E-state index is 12.5. The van der Waals surface area contributed by atoms with Crippen molar-refractivity contribution in [3.05, 3.63) is 59.7 Å². The second-order valence-corrected chi connectivity index (χ2v) is 10.3. The van der Waals surface area contributed by atoms with Crippen LogP contribution in [0.5, 0.6) is 0 Å². The predicted octanol–water partition coefficient (Wildman–Crippen LogP) is 0.899. The molecule has 2 aromatic rings. The molecule has 2 aliphatic heterocycles. The van der Waals surface area contributed by atoms with Crippen molar-refractivity contribution >= 4 is 43.7 Å². The Hall–Kier alpha value is -3.38. The Kier molecular flexibility index (Phi) is 4.78. The summed E-state index contributed by atoms with van der Waals surface area (Å²) in [6.45, 7) is 0. The van der Waals surface area contributed by atoms with Gasteiger partial charge in [0, 0.05) is 12.8 Å². The molecule has 2 aromatic carbocycles. The number of amides is 4. The van der Waals surface area contributed by atoms with Crippen molar-refractivity contribution in [2.75, 3.05) is 0 Å². The van der Waals surface area contributed by atoms with Crippen LogP contribution in [0.2, 0.25) is 0 Å². The zero-order chi connectivity index (χ0) is 22.6. The first-order chi connectivity index (χ1) is 14.6. The number of fused-ring (bicyclic) bond motifs is 2. The second-order valence-electron chi connectivity index (χ2n) is 6.78. The van der Waals surface area contributed by atoms with E-state index in [0.717, 1.165) is 0 Å². The lowest BCUT2D eigenvalue weighted by molar-refractivity contribution is -0.125. The lowest BCUT2D eigenvalue weighted by Gasteiger charge is -2.14. The maximum atomic E-state index is 12.5. The minimum absolute atomic E-state index is 0.126. The molecule has 0 radical (unpaired) electrons. The molecule has 12 heteroatoms. The Morgan fingerprint density at radius 1 is 0.645 bits per heavy atom. The molecule has 2 heterocycles. The molecule has 0 fully saturated rings. The van der Waals surface area contributed by atoms with E-state index in [1.54, 1.807) is 0 Å². The van der Waals surface area contributed by atoms with Crippen LogP contribution >= 0.6 is 0 Å². The highest BCUT2D eigenvalue weighted by Gasteiger charge is 2.46. The Balaban J connectivity index is 1.45. The number of carbonyl (C=O) groups excluding carboxylic acids is 4. The summed E-state index contributed by atoms with van der Waals surface area (Å²) in [4.78, 5) is 49.0. The van der Waals surface area contributed by atoms with Crippen molar-refractivity contribution in [1.29, 1.82) is 0 Å². The number of hydrogen-bond donors (Lipinski definition) is 0. The van der Waals surface area contributed by atoms with Gasteiger partial charge in [0.25, 0.3) is 31.9 Å². The van der Waals surface area contributed by atoms with E-state index in [1.165, 1.54) is 48.5 Å². The SMILES string of the molecule is O=C(CCCC(=O)N1C(=O)c2ccccc2S1(=O)=O)N1C(=O)c2ccccc2S1(=O)=O. The van der Waals surface area contributed by atoms with E-state index in [1.807, 2.05) is 0 Å². The Bertz CT molecular complexity index is 1270. The highest BCUT2D eigenvalue weighted by atomic mass is 32.2. The van der Waals surface area contributed by atoms with E-state index in [9.17, 15) is 36.0 Å². The number of imide groups is 2. The van der Waals surface area contributed by atoms with Gasteiger partial charge in [-0.25, -0.2) is 16.8 Å². The van der Waals surface area contributed by atoms with Crippen LogP contribution < -0.4 is 0 Å². The molecular formula is C19H14N2O8S2. The van der Waals surface area contributed by atoms with E-state index in [0.29, 0.717) is 0 Å². The Morgan fingerprint density at radius 2 is 1.00 bits per heavy atom. The van der Waals surface area contributed by atoms with Gasteiger partial charge in [0.1, 0.15) is 9.79 Å². The van der Waals surface area contributed by atoms with Crippen molar-refractivity contribution in [2.45, 2.75) is 29.1 Å². The molecule has 0 spiro atoms. The van der Waals surface area contributed by atoms with Crippen molar-refractivity contribution in [3.8, 4) is 0 Å². The minimum atomic E-state index is -4.34. The number of benzene rings is 2. The van der Waals surface area contributed by atoms with Gasteiger partial charge < -0.3 is 0 Å². The summed E-state index contributed by atoms with van der Waals surface area (Å²) >= 11 is 0. The zero-order valence-electron chi connectivity index (χ0n) is 15.7. The zero-order valence-corrected chi connectivity index (χ0v) is 17.4. The largest absolute Gasteiger partial charge is 0.276 e. The summed E-state index contributed by atoms with van der Waals surface area (Å²) in [5.41, 5.74) is -0.253. The van der Waals surface area contributed by atoms with Crippen molar-refractivity contribution in [1.82, 2.24) is 8.61 Å². The van der Waals surface area contributed by atoms with E-state index in [-0.39, 0.29) is 35.9 Å². The summed E-state index contributed by atoms with van der Waals surface area (Å²) < 4.78 is 50.2. The van der Waals surface area contributed by atoms with Gasteiger partial charge in [-0.15, -0.1) is 0 Å². The van der Waals surface area contributed by atoms with Gasteiger partial charge in [0.2, 0.25) is 11.8 Å². The van der Waals surface area contributed by atoms with Crippen LogP contribution in [-0.2, 0) is 29.6 Å². The molecule has 4 amide bonds. The fourth-order valence-corrected chi connectivity index (χ4v) is 6.57. The molecule has 0 saturated heterocycles. The van der Waals surface area contributed by atoms with E-state index < -0.39 is 56.5 Å².